The number of benzene rings is 5. The van der Waals surface area contributed by atoms with E-state index in [1.807, 2.05) is 84.9 Å². The van der Waals surface area contributed by atoms with Crippen molar-refractivity contribution >= 4 is 25.2 Å². The lowest BCUT2D eigenvalue weighted by Crippen LogP contribution is -2.40. The second kappa shape index (κ2) is 17.2. The van der Waals surface area contributed by atoms with E-state index in [1.165, 1.54) is 0 Å². The summed E-state index contributed by atoms with van der Waals surface area (Å²) in [4.78, 5) is 51.2. The van der Waals surface area contributed by atoms with Crippen molar-refractivity contribution in [2.24, 2.45) is 5.92 Å². The van der Waals surface area contributed by atoms with E-state index in [9.17, 15) is 23.8 Å². The zero-order valence-electron chi connectivity index (χ0n) is 28.5. The molecule has 0 spiro atoms. The van der Waals surface area contributed by atoms with E-state index in [0.29, 0.717) is 5.56 Å². The quantitative estimate of drug-likeness (QED) is 0.0606. The van der Waals surface area contributed by atoms with Gasteiger partial charge in [-0.2, -0.15) is 0 Å². The van der Waals surface area contributed by atoms with E-state index >= 15 is 0 Å². The van der Waals surface area contributed by atoms with Gasteiger partial charge in [0.1, 0.15) is 12.4 Å². The number of alkyl carbamates (subject to hydrolysis) is 1. The SMILES string of the molecule is O=C(NC(COCc1ccccc1)P(=O)(O)CC(Cc1ccccc1)C(=O)OCC(=O)c1ccccc1)OCC1c2ccccc2-c2ccccc21. The van der Waals surface area contributed by atoms with Gasteiger partial charge >= 0.3 is 12.1 Å². The lowest BCUT2D eigenvalue weighted by atomic mass is 9.98. The lowest BCUT2D eigenvalue weighted by molar-refractivity contribution is -0.146. The number of hydrogen-bond acceptors (Lipinski definition) is 7. The molecule has 5 aromatic rings. The Bertz CT molecular complexity index is 1980. The minimum atomic E-state index is -4.41. The molecule has 3 unspecified atom stereocenters. The number of nitrogens with one attached hydrogen (secondary N) is 1. The van der Waals surface area contributed by atoms with Gasteiger partial charge in [0.05, 0.1) is 19.1 Å². The maximum Gasteiger partial charge on any atom is 0.407 e. The Balaban J connectivity index is 1.17. The van der Waals surface area contributed by atoms with Crippen LogP contribution < -0.4 is 5.32 Å². The third-order valence-corrected chi connectivity index (χ3v) is 11.3. The van der Waals surface area contributed by atoms with Crippen LogP contribution in [0.5, 0.6) is 0 Å². The molecule has 0 saturated heterocycles. The number of Topliss-reactive ketones (excluding diaryl/α,β-unsaturated/α-hetero) is 1. The summed E-state index contributed by atoms with van der Waals surface area (Å²) in [5, 5.41) is 2.59. The smallest absolute Gasteiger partial charge is 0.407 e. The van der Waals surface area contributed by atoms with Crippen molar-refractivity contribution < 1.29 is 38.1 Å². The zero-order chi connectivity index (χ0) is 36.3. The van der Waals surface area contributed by atoms with Gasteiger partial charge < -0.3 is 24.4 Å². The highest BCUT2D eigenvalue weighted by atomic mass is 31.2. The van der Waals surface area contributed by atoms with Crippen molar-refractivity contribution in [1.82, 2.24) is 5.32 Å². The third kappa shape index (κ3) is 9.30. The van der Waals surface area contributed by atoms with Crippen LogP contribution in [0.4, 0.5) is 4.79 Å². The van der Waals surface area contributed by atoms with Crippen molar-refractivity contribution in [3.8, 4) is 11.1 Å². The largest absolute Gasteiger partial charge is 0.457 e. The fraction of sp³-hybridized carbons (Fsp3) is 0.214. The molecule has 9 nitrogen and oxygen atoms in total. The Morgan fingerprint density at radius 1 is 0.692 bits per heavy atom. The Hall–Kier alpha value is -5.34. The highest BCUT2D eigenvalue weighted by molar-refractivity contribution is 7.58. The standard InChI is InChI=1S/C42H40NO8P/c44-39(32-18-8-3-9-19-32)27-50-41(45)33(24-30-14-4-1-5-15-30)29-52(47,48)40(28-49-25-31-16-6-2-7-17-31)43-42(46)51-26-38-36-22-12-10-20-34(36)35-21-11-13-23-37(35)38/h1-23,33,38,40H,24-29H2,(H,43,46)(H,47,48). The fourth-order valence-electron chi connectivity index (χ4n) is 6.42. The minimum Gasteiger partial charge on any atom is -0.457 e. The number of hydrogen-bond donors (Lipinski definition) is 2. The lowest BCUT2D eigenvalue weighted by Gasteiger charge is -2.27. The number of carbonyl (C=O) groups is 3. The Kier molecular flexibility index (Phi) is 12.1. The molecule has 0 fully saturated rings. The summed E-state index contributed by atoms with van der Waals surface area (Å²) in [5.74, 6) is -3.93. The number of fused-ring (bicyclic) bond motifs is 3. The Morgan fingerprint density at radius 3 is 1.85 bits per heavy atom. The molecule has 1 amide bonds. The van der Waals surface area contributed by atoms with E-state index in [2.05, 4.69) is 5.32 Å². The van der Waals surface area contributed by atoms with Crippen LogP contribution in [0.1, 0.15) is 38.5 Å². The molecule has 10 heteroatoms. The average molecular weight is 718 g/mol. The molecule has 0 bridgehead atoms. The van der Waals surface area contributed by atoms with Crippen molar-refractivity contribution in [3.05, 3.63) is 167 Å². The molecule has 2 N–H and O–H groups in total. The van der Waals surface area contributed by atoms with Gasteiger partial charge in [-0.3, -0.25) is 14.2 Å². The molecule has 5 aromatic carbocycles. The van der Waals surface area contributed by atoms with Gasteiger partial charge in [-0.25, -0.2) is 4.79 Å². The Labute approximate surface area is 303 Å². The summed E-state index contributed by atoms with van der Waals surface area (Å²) in [6.07, 6.45) is -1.35. The number of ketones is 1. The van der Waals surface area contributed by atoms with Gasteiger partial charge in [0.25, 0.3) is 0 Å². The van der Waals surface area contributed by atoms with E-state index in [4.69, 9.17) is 14.2 Å². The van der Waals surface area contributed by atoms with Gasteiger partial charge in [0.15, 0.2) is 12.4 Å². The summed E-state index contributed by atoms with van der Waals surface area (Å²) in [5.41, 5.74) is 6.15. The molecule has 0 saturated carbocycles. The first kappa shape index (κ1) is 36.5. The summed E-state index contributed by atoms with van der Waals surface area (Å²) in [6.45, 7) is -0.718. The van der Waals surface area contributed by atoms with Crippen molar-refractivity contribution in [1.29, 1.82) is 0 Å². The summed E-state index contributed by atoms with van der Waals surface area (Å²) in [7, 11) is -4.41. The number of ether oxygens (including phenoxy) is 3. The third-order valence-electron chi connectivity index (χ3n) is 9.08. The van der Waals surface area contributed by atoms with Crippen LogP contribution in [0.25, 0.3) is 11.1 Å². The van der Waals surface area contributed by atoms with Crippen LogP contribution in [0.2, 0.25) is 0 Å². The predicted octanol–water partition coefficient (Wildman–Crippen LogP) is 7.62. The minimum absolute atomic E-state index is 0.00554. The molecule has 0 aliphatic heterocycles. The molecule has 1 aliphatic rings. The van der Waals surface area contributed by atoms with Crippen LogP contribution in [0, 0.1) is 5.92 Å². The molecular weight excluding hydrogens is 677 g/mol. The van der Waals surface area contributed by atoms with E-state index in [1.54, 1.807) is 54.6 Å². The zero-order valence-corrected chi connectivity index (χ0v) is 29.4. The van der Waals surface area contributed by atoms with E-state index in [-0.39, 0.29) is 32.2 Å². The average Bonchev–Trinajstić information content (AvgIpc) is 3.49. The normalized spacial score (nSPS) is 14.2. The molecule has 6 rings (SSSR count). The first-order chi connectivity index (χ1) is 25.3. The molecule has 0 radical (unpaired) electrons. The Morgan fingerprint density at radius 2 is 1.23 bits per heavy atom. The van der Waals surface area contributed by atoms with Crippen LogP contribution in [0.3, 0.4) is 0 Å². The van der Waals surface area contributed by atoms with Crippen molar-refractivity contribution in [2.45, 2.75) is 24.7 Å². The number of rotatable bonds is 16. The molecule has 0 aromatic heterocycles. The topological polar surface area (TPSA) is 128 Å². The fourth-order valence-corrected chi connectivity index (χ4v) is 8.23. The summed E-state index contributed by atoms with van der Waals surface area (Å²) in [6, 6.07) is 42.6. The number of amides is 1. The van der Waals surface area contributed by atoms with Gasteiger partial charge in [0.2, 0.25) is 7.37 Å². The maximum atomic E-state index is 14.3. The first-order valence-electron chi connectivity index (χ1n) is 17.1. The molecular formula is C42H40NO8P. The molecule has 3 atom stereocenters. The molecule has 266 valence electrons. The maximum absolute atomic E-state index is 14.3. The molecule has 0 heterocycles. The van der Waals surface area contributed by atoms with Crippen molar-refractivity contribution in [2.75, 3.05) is 26.0 Å². The summed E-state index contributed by atoms with van der Waals surface area (Å²) < 4.78 is 31.3. The summed E-state index contributed by atoms with van der Waals surface area (Å²) >= 11 is 0. The van der Waals surface area contributed by atoms with E-state index < -0.39 is 49.7 Å². The van der Waals surface area contributed by atoms with Crippen LogP contribution in [-0.4, -0.2) is 54.5 Å². The second-order valence-corrected chi connectivity index (χ2v) is 15.2. The van der Waals surface area contributed by atoms with Crippen LogP contribution in [-0.2, 0) is 36.6 Å². The van der Waals surface area contributed by atoms with Gasteiger partial charge in [0, 0.05) is 17.6 Å². The second-order valence-electron chi connectivity index (χ2n) is 12.7. The highest BCUT2D eigenvalue weighted by Gasteiger charge is 2.39. The van der Waals surface area contributed by atoms with Crippen LogP contribution in [0.15, 0.2) is 140 Å². The van der Waals surface area contributed by atoms with Gasteiger partial charge in [-0.1, -0.05) is 140 Å². The van der Waals surface area contributed by atoms with Gasteiger partial charge in [-0.05, 0) is 39.8 Å². The predicted molar refractivity (Wildman–Crippen MR) is 198 cm³/mol. The van der Waals surface area contributed by atoms with Crippen LogP contribution >= 0.6 is 7.37 Å². The van der Waals surface area contributed by atoms with Gasteiger partial charge in [-0.15, -0.1) is 0 Å². The van der Waals surface area contributed by atoms with E-state index in [0.717, 1.165) is 33.4 Å². The number of carbonyl (C=O) groups excluding carboxylic acids is 3. The first-order valence-corrected chi connectivity index (χ1v) is 19.0. The number of esters is 1. The molecule has 52 heavy (non-hydrogen) atoms. The highest BCUT2D eigenvalue weighted by Crippen LogP contribution is 2.48. The van der Waals surface area contributed by atoms with Crippen molar-refractivity contribution in [3.63, 3.8) is 0 Å². The molecule has 1 aliphatic carbocycles. The monoisotopic (exact) mass is 717 g/mol.